The fourth-order valence-corrected chi connectivity index (χ4v) is 3.66. The molecule has 0 unspecified atom stereocenters. The van der Waals surface area contributed by atoms with Gasteiger partial charge in [-0.15, -0.1) is 0 Å². The van der Waals surface area contributed by atoms with Crippen molar-refractivity contribution in [2.75, 3.05) is 0 Å². The number of aliphatic carboxylic acids is 1. The molecule has 0 aliphatic rings. The van der Waals surface area contributed by atoms with Crippen LogP contribution in [0.15, 0.2) is 41.8 Å². The number of benzene rings is 1. The zero-order chi connectivity index (χ0) is 17.0. The van der Waals surface area contributed by atoms with Gasteiger partial charge in [-0.05, 0) is 17.5 Å². The van der Waals surface area contributed by atoms with Gasteiger partial charge in [0.1, 0.15) is 18.7 Å². The van der Waals surface area contributed by atoms with Gasteiger partial charge in [0, 0.05) is 0 Å². The van der Waals surface area contributed by atoms with Gasteiger partial charge in [-0.2, -0.15) is 9.82 Å². The van der Waals surface area contributed by atoms with E-state index in [-0.39, 0.29) is 17.4 Å². The number of hydrogen-bond acceptors (Lipinski definition) is 5. The van der Waals surface area contributed by atoms with E-state index in [1.165, 1.54) is 23.4 Å². The molecule has 2 N–H and O–H groups in total. The molecule has 2 aromatic rings. The van der Waals surface area contributed by atoms with Crippen LogP contribution in [0.1, 0.15) is 19.4 Å². The monoisotopic (exact) mass is 338 g/mol. The second kappa shape index (κ2) is 6.88. The Hall–Kier alpha value is -2.26. The van der Waals surface area contributed by atoms with E-state index in [4.69, 9.17) is 0 Å². The van der Waals surface area contributed by atoms with Gasteiger partial charge in [-0.25, -0.2) is 18.1 Å². The van der Waals surface area contributed by atoms with Gasteiger partial charge < -0.3 is 5.11 Å². The van der Waals surface area contributed by atoms with Gasteiger partial charge in [0.15, 0.2) is 0 Å². The SMILES string of the molecule is CC(C)[C@H](NS(=O)(=O)c1ccccc1Cn1cncn1)C(=O)O. The van der Waals surface area contributed by atoms with E-state index in [1.807, 2.05) is 0 Å². The Bertz CT molecular complexity index is 772. The summed E-state index contributed by atoms with van der Waals surface area (Å²) in [5.41, 5.74) is 0.499. The Morgan fingerprint density at radius 1 is 1.35 bits per heavy atom. The number of hydrogen-bond donors (Lipinski definition) is 2. The van der Waals surface area contributed by atoms with Gasteiger partial charge in [-0.3, -0.25) is 4.79 Å². The van der Waals surface area contributed by atoms with Crippen molar-refractivity contribution in [2.24, 2.45) is 5.92 Å². The van der Waals surface area contributed by atoms with Crippen LogP contribution in [-0.2, 0) is 21.4 Å². The lowest BCUT2D eigenvalue weighted by atomic mass is 10.1. The standard InChI is InChI=1S/C14H18N4O4S/c1-10(2)13(14(19)20)17-23(21,22)12-6-4-3-5-11(12)7-18-9-15-8-16-18/h3-6,8-10,13,17H,7H2,1-2H3,(H,19,20)/t13-/m0/s1. The summed E-state index contributed by atoms with van der Waals surface area (Å²) < 4.78 is 28.9. The van der Waals surface area contributed by atoms with Gasteiger partial charge in [0.05, 0.1) is 11.4 Å². The highest BCUT2D eigenvalue weighted by atomic mass is 32.2. The fourth-order valence-electron chi connectivity index (χ4n) is 2.09. The third-order valence-electron chi connectivity index (χ3n) is 3.28. The van der Waals surface area contributed by atoms with Crippen LogP contribution >= 0.6 is 0 Å². The fraction of sp³-hybridized carbons (Fsp3) is 0.357. The molecule has 0 aliphatic heterocycles. The molecule has 0 saturated carbocycles. The molecule has 1 atom stereocenters. The smallest absolute Gasteiger partial charge is 0.322 e. The summed E-state index contributed by atoms with van der Waals surface area (Å²) in [5.74, 6) is -1.60. The Balaban J connectivity index is 2.34. The third-order valence-corrected chi connectivity index (χ3v) is 4.82. The Labute approximate surface area is 134 Å². The molecular weight excluding hydrogens is 320 g/mol. The number of aromatic nitrogens is 3. The van der Waals surface area contributed by atoms with E-state index in [1.54, 1.807) is 32.0 Å². The molecule has 23 heavy (non-hydrogen) atoms. The van der Waals surface area contributed by atoms with Crippen molar-refractivity contribution >= 4 is 16.0 Å². The number of rotatable bonds is 7. The van der Waals surface area contributed by atoms with E-state index >= 15 is 0 Å². The molecule has 0 bridgehead atoms. The quantitative estimate of drug-likeness (QED) is 0.768. The highest BCUT2D eigenvalue weighted by Gasteiger charge is 2.29. The largest absolute Gasteiger partial charge is 0.480 e. The highest BCUT2D eigenvalue weighted by molar-refractivity contribution is 7.89. The van der Waals surface area contributed by atoms with Crippen molar-refractivity contribution < 1.29 is 18.3 Å². The molecule has 0 amide bonds. The first-order valence-corrected chi connectivity index (χ1v) is 8.45. The number of sulfonamides is 1. The maximum absolute atomic E-state index is 12.6. The lowest BCUT2D eigenvalue weighted by molar-refractivity contribution is -0.140. The summed E-state index contributed by atoms with van der Waals surface area (Å²) in [6.45, 7) is 3.50. The number of nitrogens with zero attached hydrogens (tertiary/aromatic N) is 3. The predicted molar refractivity (Wildman–Crippen MR) is 82.1 cm³/mol. The first kappa shape index (κ1) is 17.1. The number of carbonyl (C=O) groups is 1. The maximum Gasteiger partial charge on any atom is 0.322 e. The molecule has 0 spiro atoms. The first-order valence-electron chi connectivity index (χ1n) is 6.96. The normalized spacial score (nSPS) is 13.2. The summed E-state index contributed by atoms with van der Waals surface area (Å²) in [6.07, 6.45) is 2.83. The van der Waals surface area contributed by atoms with Crippen LogP contribution < -0.4 is 4.72 Å². The summed E-state index contributed by atoms with van der Waals surface area (Å²) in [6, 6.07) is 5.20. The third kappa shape index (κ3) is 4.14. The minimum absolute atomic E-state index is 0.0300. The number of carboxylic acids is 1. The topological polar surface area (TPSA) is 114 Å². The summed E-state index contributed by atoms with van der Waals surface area (Å²) in [7, 11) is -3.98. The molecule has 0 saturated heterocycles. The average molecular weight is 338 g/mol. The Kier molecular flexibility index (Phi) is 5.12. The molecule has 9 heteroatoms. The molecule has 0 radical (unpaired) electrons. The van der Waals surface area contributed by atoms with E-state index in [0.717, 1.165) is 0 Å². The summed E-state index contributed by atoms with van der Waals surface area (Å²) >= 11 is 0. The second-order valence-electron chi connectivity index (χ2n) is 5.38. The van der Waals surface area contributed by atoms with Gasteiger partial charge in [0.2, 0.25) is 10.0 Å². The van der Waals surface area contributed by atoms with E-state index in [0.29, 0.717) is 5.56 Å². The Morgan fingerprint density at radius 3 is 2.61 bits per heavy atom. The summed E-state index contributed by atoms with van der Waals surface area (Å²) in [4.78, 5) is 15.1. The molecule has 1 aromatic carbocycles. The van der Waals surface area contributed by atoms with E-state index in [9.17, 15) is 18.3 Å². The van der Waals surface area contributed by atoms with Crippen molar-refractivity contribution in [3.63, 3.8) is 0 Å². The second-order valence-corrected chi connectivity index (χ2v) is 7.06. The molecule has 8 nitrogen and oxygen atoms in total. The van der Waals surface area contributed by atoms with E-state index < -0.39 is 22.0 Å². The minimum atomic E-state index is -3.98. The zero-order valence-corrected chi connectivity index (χ0v) is 13.6. The number of carboxylic acid groups (broad SMARTS) is 1. The molecule has 0 fully saturated rings. The maximum atomic E-state index is 12.6. The highest BCUT2D eigenvalue weighted by Crippen LogP contribution is 2.18. The van der Waals surface area contributed by atoms with E-state index in [2.05, 4.69) is 14.8 Å². The van der Waals surface area contributed by atoms with Crippen LogP contribution in [0.2, 0.25) is 0 Å². The van der Waals surface area contributed by atoms with Crippen LogP contribution in [0.5, 0.6) is 0 Å². The van der Waals surface area contributed by atoms with Crippen molar-refractivity contribution in [1.82, 2.24) is 19.5 Å². The minimum Gasteiger partial charge on any atom is -0.480 e. The van der Waals surface area contributed by atoms with Crippen molar-refractivity contribution in [1.29, 1.82) is 0 Å². The lowest BCUT2D eigenvalue weighted by Crippen LogP contribution is -2.44. The van der Waals surface area contributed by atoms with Crippen molar-refractivity contribution in [3.05, 3.63) is 42.5 Å². The molecular formula is C14H18N4O4S. The van der Waals surface area contributed by atoms with Crippen molar-refractivity contribution in [2.45, 2.75) is 31.3 Å². The average Bonchev–Trinajstić information content (AvgIpc) is 2.97. The van der Waals surface area contributed by atoms with Crippen LogP contribution in [0.25, 0.3) is 0 Å². The van der Waals surface area contributed by atoms with Crippen molar-refractivity contribution in [3.8, 4) is 0 Å². The van der Waals surface area contributed by atoms with Gasteiger partial charge in [0.25, 0.3) is 0 Å². The first-order chi connectivity index (χ1) is 10.8. The zero-order valence-electron chi connectivity index (χ0n) is 12.7. The number of nitrogens with one attached hydrogen (secondary N) is 1. The Morgan fingerprint density at radius 2 is 2.04 bits per heavy atom. The van der Waals surface area contributed by atoms with Crippen LogP contribution in [0.3, 0.4) is 0 Å². The molecule has 0 aliphatic carbocycles. The summed E-state index contributed by atoms with van der Waals surface area (Å²) in [5, 5.41) is 13.1. The van der Waals surface area contributed by atoms with Crippen LogP contribution in [0.4, 0.5) is 0 Å². The molecule has 2 rings (SSSR count). The lowest BCUT2D eigenvalue weighted by Gasteiger charge is -2.19. The molecule has 1 aromatic heterocycles. The van der Waals surface area contributed by atoms with Gasteiger partial charge in [-0.1, -0.05) is 32.0 Å². The van der Waals surface area contributed by atoms with Crippen LogP contribution in [0, 0.1) is 5.92 Å². The van der Waals surface area contributed by atoms with Crippen LogP contribution in [-0.4, -0.2) is 40.3 Å². The molecule has 124 valence electrons. The van der Waals surface area contributed by atoms with Gasteiger partial charge >= 0.3 is 5.97 Å². The molecule has 1 heterocycles. The predicted octanol–water partition coefficient (Wildman–Crippen LogP) is 0.714.